The van der Waals surface area contributed by atoms with Crippen molar-refractivity contribution in [2.24, 2.45) is 0 Å². The molecule has 7 heteroatoms. The zero-order valence-corrected chi connectivity index (χ0v) is 13.3. The van der Waals surface area contributed by atoms with Gasteiger partial charge in [-0.1, -0.05) is 0 Å². The number of fused-ring (bicyclic) bond motifs is 1. The van der Waals surface area contributed by atoms with Crippen LogP contribution in [-0.4, -0.2) is 66.8 Å². The second-order valence-electron chi connectivity index (χ2n) is 6.11. The Balaban J connectivity index is 1.63. The summed E-state index contributed by atoms with van der Waals surface area (Å²) in [5, 5.41) is 3.02. The minimum absolute atomic E-state index is 0.0863. The molecule has 0 spiro atoms. The van der Waals surface area contributed by atoms with Crippen molar-refractivity contribution in [1.29, 1.82) is 0 Å². The Hall–Kier alpha value is -1.99. The van der Waals surface area contributed by atoms with Gasteiger partial charge in [-0.3, -0.25) is 14.7 Å². The van der Waals surface area contributed by atoms with Crippen molar-refractivity contribution in [1.82, 2.24) is 15.2 Å². The van der Waals surface area contributed by atoms with Gasteiger partial charge in [0.1, 0.15) is 0 Å². The summed E-state index contributed by atoms with van der Waals surface area (Å²) in [5.74, 6) is -0.724. The van der Waals surface area contributed by atoms with E-state index >= 15 is 0 Å². The summed E-state index contributed by atoms with van der Waals surface area (Å²) in [7, 11) is 1.30. The number of carbonyl (C=O) groups excluding carboxylic acids is 2. The highest BCUT2D eigenvalue weighted by Crippen LogP contribution is 2.23. The number of carbonyl (C=O) groups is 2. The van der Waals surface area contributed by atoms with Gasteiger partial charge in [0.15, 0.2) is 0 Å². The van der Waals surface area contributed by atoms with Crippen molar-refractivity contribution < 1.29 is 19.1 Å². The Labute approximate surface area is 135 Å². The summed E-state index contributed by atoms with van der Waals surface area (Å²) in [6, 6.07) is 1.96. The topological polar surface area (TPSA) is 80.8 Å². The average molecular weight is 319 g/mol. The minimum atomic E-state index is -0.503. The third-order valence-electron chi connectivity index (χ3n) is 4.35. The molecule has 0 radical (unpaired) electrons. The second kappa shape index (κ2) is 6.64. The van der Waals surface area contributed by atoms with E-state index in [-0.39, 0.29) is 23.6 Å². The number of methoxy groups -OCH3 is 1. The first-order chi connectivity index (χ1) is 11.1. The lowest BCUT2D eigenvalue weighted by atomic mass is 10.1. The molecule has 3 heterocycles. The van der Waals surface area contributed by atoms with E-state index in [9.17, 15) is 9.59 Å². The Morgan fingerprint density at radius 1 is 1.35 bits per heavy atom. The van der Waals surface area contributed by atoms with Crippen LogP contribution in [0.3, 0.4) is 0 Å². The van der Waals surface area contributed by atoms with E-state index < -0.39 is 5.97 Å². The smallest absolute Gasteiger partial charge is 0.339 e. The maximum Gasteiger partial charge on any atom is 0.339 e. The lowest BCUT2D eigenvalue weighted by molar-refractivity contribution is -0.0390. The highest BCUT2D eigenvalue weighted by atomic mass is 16.5. The molecule has 1 aromatic rings. The summed E-state index contributed by atoms with van der Waals surface area (Å²) in [6.45, 7) is 4.50. The molecule has 0 aliphatic carbocycles. The summed E-state index contributed by atoms with van der Waals surface area (Å²) in [5.41, 5.74) is 0.633. The van der Waals surface area contributed by atoms with Crippen molar-refractivity contribution >= 4 is 11.9 Å². The molecule has 0 saturated carbocycles. The third-order valence-corrected chi connectivity index (χ3v) is 4.35. The molecule has 3 atom stereocenters. The molecule has 0 aromatic carbocycles. The number of morpholine rings is 1. The predicted molar refractivity (Wildman–Crippen MR) is 82.2 cm³/mol. The van der Waals surface area contributed by atoms with Gasteiger partial charge in [-0.25, -0.2) is 4.79 Å². The van der Waals surface area contributed by atoms with Gasteiger partial charge >= 0.3 is 5.97 Å². The number of hydrogen-bond donors (Lipinski definition) is 1. The third kappa shape index (κ3) is 3.51. The predicted octanol–water partition coefficient (Wildman–Crippen LogP) is 0.460. The van der Waals surface area contributed by atoms with E-state index in [1.807, 2.05) is 0 Å². The standard InChI is InChI=1S/C16H21N3O4/c1-10-7-19-8-13(4-14(19)9-23-10)18-15(20)11-3-12(6-17-5-11)16(21)22-2/h3,5-6,10,13-14H,4,7-9H2,1-2H3,(H,18,20)/t10-,13+,14-/m0/s1. The molecule has 1 amide bonds. The van der Waals surface area contributed by atoms with Crippen LogP contribution in [0.2, 0.25) is 0 Å². The molecule has 7 nitrogen and oxygen atoms in total. The van der Waals surface area contributed by atoms with Crippen LogP contribution < -0.4 is 5.32 Å². The largest absolute Gasteiger partial charge is 0.465 e. The van der Waals surface area contributed by atoms with Gasteiger partial charge in [0.2, 0.25) is 0 Å². The Kier molecular flexibility index (Phi) is 4.58. The zero-order chi connectivity index (χ0) is 16.4. The highest BCUT2D eigenvalue weighted by molar-refractivity contribution is 5.97. The monoisotopic (exact) mass is 319 g/mol. The molecule has 2 aliphatic rings. The molecule has 0 unspecified atom stereocenters. The Morgan fingerprint density at radius 2 is 2.13 bits per heavy atom. The van der Waals surface area contributed by atoms with E-state index in [1.54, 1.807) is 0 Å². The lowest BCUT2D eigenvalue weighted by Crippen LogP contribution is -2.45. The fourth-order valence-electron chi connectivity index (χ4n) is 3.21. The van der Waals surface area contributed by atoms with Crippen LogP contribution in [0.5, 0.6) is 0 Å². The number of ether oxygens (including phenoxy) is 2. The maximum atomic E-state index is 12.4. The number of aromatic nitrogens is 1. The van der Waals surface area contributed by atoms with E-state index in [0.717, 1.165) is 19.5 Å². The normalized spacial score (nSPS) is 27.3. The summed E-state index contributed by atoms with van der Waals surface area (Å²) in [4.78, 5) is 30.2. The first-order valence-corrected chi connectivity index (χ1v) is 7.76. The van der Waals surface area contributed by atoms with Gasteiger partial charge in [-0.05, 0) is 19.4 Å². The van der Waals surface area contributed by atoms with Crippen LogP contribution in [-0.2, 0) is 9.47 Å². The molecule has 23 heavy (non-hydrogen) atoms. The van der Waals surface area contributed by atoms with Gasteiger partial charge in [0, 0.05) is 37.6 Å². The fraction of sp³-hybridized carbons (Fsp3) is 0.562. The van der Waals surface area contributed by atoms with Crippen LogP contribution in [0, 0.1) is 0 Å². The number of amides is 1. The van der Waals surface area contributed by atoms with Crippen LogP contribution in [0.1, 0.15) is 34.1 Å². The van der Waals surface area contributed by atoms with Gasteiger partial charge in [-0.2, -0.15) is 0 Å². The van der Waals surface area contributed by atoms with Crippen LogP contribution >= 0.6 is 0 Å². The fourth-order valence-corrected chi connectivity index (χ4v) is 3.21. The summed E-state index contributed by atoms with van der Waals surface area (Å²) >= 11 is 0. The van der Waals surface area contributed by atoms with E-state index in [0.29, 0.717) is 18.2 Å². The molecular weight excluding hydrogens is 298 g/mol. The number of hydrogen-bond acceptors (Lipinski definition) is 6. The van der Waals surface area contributed by atoms with E-state index in [2.05, 4.69) is 26.9 Å². The highest BCUT2D eigenvalue weighted by Gasteiger charge is 2.36. The zero-order valence-electron chi connectivity index (χ0n) is 13.3. The van der Waals surface area contributed by atoms with Gasteiger partial charge in [-0.15, -0.1) is 0 Å². The van der Waals surface area contributed by atoms with Crippen molar-refractivity contribution in [2.75, 3.05) is 26.8 Å². The molecule has 0 bridgehead atoms. The van der Waals surface area contributed by atoms with Gasteiger partial charge in [0.25, 0.3) is 5.91 Å². The Bertz CT molecular complexity index is 607. The first kappa shape index (κ1) is 15.9. The van der Waals surface area contributed by atoms with Crippen molar-refractivity contribution in [3.8, 4) is 0 Å². The van der Waals surface area contributed by atoms with Crippen LogP contribution in [0.25, 0.3) is 0 Å². The SMILES string of the molecule is COC(=O)c1cncc(C(=O)N[C@@H]2C[C@H]3CO[C@@H](C)CN3C2)c1. The molecule has 2 aliphatic heterocycles. The first-order valence-electron chi connectivity index (χ1n) is 7.76. The number of esters is 1. The summed E-state index contributed by atoms with van der Waals surface area (Å²) in [6.07, 6.45) is 3.95. The Morgan fingerprint density at radius 3 is 2.91 bits per heavy atom. The summed E-state index contributed by atoms with van der Waals surface area (Å²) < 4.78 is 10.3. The number of nitrogens with one attached hydrogen (secondary N) is 1. The number of nitrogens with zero attached hydrogens (tertiary/aromatic N) is 2. The minimum Gasteiger partial charge on any atom is -0.465 e. The van der Waals surface area contributed by atoms with E-state index in [4.69, 9.17) is 4.74 Å². The van der Waals surface area contributed by atoms with Crippen molar-refractivity contribution in [3.63, 3.8) is 0 Å². The average Bonchev–Trinajstić information content (AvgIpc) is 2.95. The molecule has 2 fully saturated rings. The number of rotatable bonds is 3. The number of pyridine rings is 1. The molecule has 2 saturated heterocycles. The van der Waals surface area contributed by atoms with E-state index in [1.165, 1.54) is 25.6 Å². The quantitative estimate of drug-likeness (QED) is 0.815. The van der Waals surface area contributed by atoms with Gasteiger partial charge in [0.05, 0.1) is 30.9 Å². The molecule has 1 aromatic heterocycles. The van der Waals surface area contributed by atoms with Gasteiger partial charge < -0.3 is 14.8 Å². The van der Waals surface area contributed by atoms with Crippen LogP contribution in [0.4, 0.5) is 0 Å². The lowest BCUT2D eigenvalue weighted by Gasteiger charge is -2.33. The van der Waals surface area contributed by atoms with Crippen molar-refractivity contribution in [3.05, 3.63) is 29.6 Å². The second-order valence-corrected chi connectivity index (χ2v) is 6.11. The van der Waals surface area contributed by atoms with Crippen molar-refractivity contribution in [2.45, 2.75) is 31.5 Å². The molecule has 124 valence electrons. The molecule has 1 N–H and O–H groups in total. The molecular formula is C16H21N3O4. The maximum absolute atomic E-state index is 12.4. The van der Waals surface area contributed by atoms with Crippen LogP contribution in [0.15, 0.2) is 18.5 Å². The molecule has 3 rings (SSSR count).